The van der Waals surface area contributed by atoms with Crippen molar-refractivity contribution < 1.29 is 18.6 Å². The maximum atomic E-state index is 13.0. The quantitative estimate of drug-likeness (QED) is 0.377. The number of aryl methyl sites for hydroxylation is 1. The van der Waals surface area contributed by atoms with E-state index in [1.807, 2.05) is 67.6 Å². The molecule has 6 nitrogen and oxygen atoms in total. The van der Waals surface area contributed by atoms with E-state index in [0.717, 1.165) is 33.4 Å². The molecule has 0 unspecified atom stereocenters. The van der Waals surface area contributed by atoms with Crippen LogP contribution in [0.1, 0.15) is 27.8 Å². The molecule has 3 aromatic carbocycles. The number of fused-ring (bicyclic) bond motifs is 3. The van der Waals surface area contributed by atoms with Crippen LogP contribution in [-0.2, 0) is 19.5 Å². The van der Waals surface area contributed by atoms with Crippen LogP contribution in [0.5, 0.6) is 17.2 Å². The summed E-state index contributed by atoms with van der Waals surface area (Å²) < 4.78 is 22.7. The Hall–Kier alpha value is -3.77. The van der Waals surface area contributed by atoms with Crippen molar-refractivity contribution in [1.82, 2.24) is 4.90 Å². The van der Waals surface area contributed by atoms with Crippen molar-refractivity contribution in [2.75, 3.05) is 21.0 Å². The lowest BCUT2D eigenvalue weighted by molar-refractivity contribution is 0.0889. The van der Waals surface area contributed by atoms with Crippen LogP contribution >= 0.6 is 0 Å². The second-order valence-electron chi connectivity index (χ2n) is 8.52. The molecule has 0 spiro atoms. The third-order valence-corrected chi connectivity index (χ3v) is 6.38. The van der Waals surface area contributed by atoms with Gasteiger partial charge in [0.05, 0.1) is 19.8 Å². The highest BCUT2D eigenvalue weighted by molar-refractivity contribution is 5.86. The van der Waals surface area contributed by atoms with Gasteiger partial charge in [0.2, 0.25) is 0 Å². The summed E-state index contributed by atoms with van der Waals surface area (Å²) in [4.78, 5) is 15.2. The zero-order valence-corrected chi connectivity index (χ0v) is 19.6. The molecule has 0 saturated heterocycles. The number of nitrogens with zero attached hydrogens (tertiary/aromatic N) is 1. The van der Waals surface area contributed by atoms with Crippen LogP contribution in [0.3, 0.4) is 0 Å². The van der Waals surface area contributed by atoms with Gasteiger partial charge in [-0.25, -0.2) is 4.79 Å². The van der Waals surface area contributed by atoms with Crippen molar-refractivity contribution in [3.05, 3.63) is 98.9 Å². The fraction of sp³-hybridized carbons (Fsp3) is 0.250. The van der Waals surface area contributed by atoms with Crippen LogP contribution in [0.2, 0.25) is 0 Å². The Labute approximate surface area is 198 Å². The zero-order chi connectivity index (χ0) is 23.7. The molecule has 174 valence electrons. The van der Waals surface area contributed by atoms with E-state index in [9.17, 15) is 4.79 Å². The lowest BCUT2D eigenvalue weighted by Gasteiger charge is -2.29. The lowest BCUT2D eigenvalue weighted by Crippen LogP contribution is -2.31. The van der Waals surface area contributed by atoms with Gasteiger partial charge in [0.25, 0.3) is 0 Å². The van der Waals surface area contributed by atoms with E-state index >= 15 is 0 Å². The molecular weight excluding hydrogens is 430 g/mol. The van der Waals surface area contributed by atoms with Gasteiger partial charge >= 0.3 is 5.63 Å². The van der Waals surface area contributed by atoms with Crippen LogP contribution in [0, 0.1) is 6.92 Å². The van der Waals surface area contributed by atoms with Gasteiger partial charge in [-0.15, -0.1) is 0 Å². The molecule has 1 aliphatic rings. The molecule has 1 aliphatic heterocycles. The first-order valence-corrected chi connectivity index (χ1v) is 11.3. The van der Waals surface area contributed by atoms with E-state index in [1.165, 1.54) is 0 Å². The molecule has 34 heavy (non-hydrogen) atoms. The molecule has 0 fully saturated rings. The zero-order valence-electron chi connectivity index (χ0n) is 19.6. The molecule has 4 aromatic rings. The first-order valence-electron chi connectivity index (χ1n) is 11.3. The second-order valence-corrected chi connectivity index (χ2v) is 8.52. The topological polar surface area (TPSA) is 61.1 Å². The van der Waals surface area contributed by atoms with Gasteiger partial charge in [0.15, 0.2) is 11.5 Å². The Morgan fingerprint density at radius 3 is 2.50 bits per heavy atom. The van der Waals surface area contributed by atoms with E-state index in [1.54, 1.807) is 14.2 Å². The maximum absolute atomic E-state index is 13.0. The summed E-state index contributed by atoms with van der Waals surface area (Å²) >= 11 is 0. The van der Waals surface area contributed by atoms with Crippen molar-refractivity contribution in [2.24, 2.45) is 0 Å². The molecule has 0 saturated carbocycles. The van der Waals surface area contributed by atoms with E-state index in [0.29, 0.717) is 48.9 Å². The van der Waals surface area contributed by atoms with Gasteiger partial charge in [0, 0.05) is 30.5 Å². The Kier molecular flexibility index (Phi) is 5.99. The minimum Gasteiger partial charge on any atom is -0.493 e. The summed E-state index contributed by atoms with van der Waals surface area (Å²) in [5.74, 6) is 2.15. The van der Waals surface area contributed by atoms with E-state index in [4.69, 9.17) is 18.6 Å². The highest BCUT2D eigenvalue weighted by Crippen LogP contribution is 2.35. The van der Waals surface area contributed by atoms with E-state index in [2.05, 4.69) is 4.90 Å². The summed E-state index contributed by atoms with van der Waals surface area (Å²) in [6, 6.07) is 19.8. The van der Waals surface area contributed by atoms with Crippen molar-refractivity contribution in [3.63, 3.8) is 0 Å². The van der Waals surface area contributed by atoms with Crippen molar-refractivity contribution in [3.8, 4) is 17.2 Å². The maximum Gasteiger partial charge on any atom is 0.340 e. The van der Waals surface area contributed by atoms with Crippen LogP contribution in [-0.4, -0.2) is 25.9 Å². The third-order valence-electron chi connectivity index (χ3n) is 6.38. The number of ether oxygens (including phenoxy) is 3. The fourth-order valence-electron chi connectivity index (χ4n) is 4.55. The Bertz CT molecular complexity index is 1390. The minimum atomic E-state index is -0.292. The van der Waals surface area contributed by atoms with Crippen molar-refractivity contribution in [1.29, 1.82) is 0 Å². The number of hydrogen-bond donors (Lipinski definition) is 0. The molecule has 0 radical (unpaired) electrons. The second kappa shape index (κ2) is 9.23. The molecule has 6 heteroatoms. The molecule has 0 atom stereocenters. The predicted molar refractivity (Wildman–Crippen MR) is 131 cm³/mol. The molecule has 0 aliphatic carbocycles. The summed E-state index contributed by atoms with van der Waals surface area (Å²) in [6.07, 6.45) is 0.546. The molecule has 0 amide bonds. The van der Waals surface area contributed by atoms with Crippen molar-refractivity contribution >= 4 is 11.0 Å². The molecule has 1 aromatic heterocycles. The average Bonchev–Trinajstić information content (AvgIpc) is 2.87. The summed E-state index contributed by atoms with van der Waals surface area (Å²) in [7, 11) is 3.25. The molecule has 0 bridgehead atoms. The minimum absolute atomic E-state index is 0.292. The predicted octanol–water partition coefficient (Wildman–Crippen LogP) is 5.06. The van der Waals surface area contributed by atoms with Crippen molar-refractivity contribution in [2.45, 2.75) is 26.4 Å². The van der Waals surface area contributed by atoms with Gasteiger partial charge in [-0.3, -0.25) is 4.90 Å². The van der Waals surface area contributed by atoms with Gasteiger partial charge in [-0.2, -0.15) is 0 Å². The van der Waals surface area contributed by atoms with E-state index < -0.39 is 0 Å². The smallest absolute Gasteiger partial charge is 0.340 e. The molecule has 5 rings (SSSR count). The SMILES string of the molecule is COc1ccc(CN2COc3ccc4c(C)c(Cc5ccccc5)c(=O)oc4c3C2)cc1OC. The number of methoxy groups -OCH3 is 2. The first-order chi connectivity index (χ1) is 16.6. The monoisotopic (exact) mass is 457 g/mol. The standard InChI is InChI=1S/C28H27NO5/c1-18-21-10-12-24-23(27(21)34-28(30)22(18)13-19-7-5-4-6-8-19)16-29(17-33-24)15-20-9-11-25(31-2)26(14-20)32-3/h4-12,14H,13,15-17H2,1-3H3. The fourth-order valence-corrected chi connectivity index (χ4v) is 4.55. The van der Waals surface area contributed by atoms with Gasteiger partial charge < -0.3 is 18.6 Å². The van der Waals surface area contributed by atoms with E-state index in [-0.39, 0.29) is 5.63 Å². The van der Waals surface area contributed by atoms with Crippen LogP contribution in [0.15, 0.2) is 69.9 Å². The first kappa shape index (κ1) is 22.0. The Morgan fingerprint density at radius 1 is 0.941 bits per heavy atom. The molecule has 0 N–H and O–H groups in total. The van der Waals surface area contributed by atoms with Crippen LogP contribution in [0.4, 0.5) is 0 Å². The number of benzene rings is 3. The number of rotatable bonds is 6. The molecule has 2 heterocycles. The largest absolute Gasteiger partial charge is 0.493 e. The highest BCUT2D eigenvalue weighted by Gasteiger charge is 2.24. The van der Waals surface area contributed by atoms with Gasteiger partial charge in [-0.1, -0.05) is 36.4 Å². The Balaban J connectivity index is 1.46. The number of hydrogen-bond acceptors (Lipinski definition) is 6. The highest BCUT2D eigenvalue weighted by atomic mass is 16.5. The normalized spacial score (nSPS) is 13.4. The Morgan fingerprint density at radius 2 is 1.74 bits per heavy atom. The third kappa shape index (κ3) is 4.13. The summed E-state index contributed by atoms with van der Waals surface area (Å²) in [5, 5.41) is 0.945. The summed E-state index contributed by atoms with van der Waals surface area (Å²) in [6.45, 7) is 3.71. The summed E-state index contributed by atoms with van der Waals surface area (Å²) in [5.41, 5.74) is 5.02. The van der Waals surface area contributed by atoms with Gasteiger partial charge in [0.1, 0.15) is 18.1 Å². The van der Waals surface area contributed by atoms with Crippen LogP contribution < -0.4 is 19.8 Å². The lowest BCUT2D eigenvalue weighted by atomic mass is 9.97. The van der Waals surface area contributed by atoms with Gasteiger partial charge in [-0.05, 0) is 47.9 Å². The molecular formula is C28H27NO5. The average molecular weight is 458 g/mol. The van der Waals surface area contributed by atoms with Crippen LogP contribution in [0.25, 0.3) is 11.0 Å².